The Labute approximate surface area is 125 Å². The molecule has 0 aromatic heterocycles. The largest absolute Gasteiger partial charge is 0.409 e. The second-order valence-electron chi connectivity index (χ2n) is 5.66. The van der Waals surface area contributed by atoms with E-state index >= 15 is 0 Å². The normalized spacial score (nSPS) is 12.0. The molecule has 0 heterocycles. The predicted molar refractivity (Wildman–Crippen MR) is 85.7 cm³/mol. The highest BCUT2D eigenvalue weighted by Crippen LogP contribution is 2.22. The van der Waals surface area contributed by atoms with Crippen molar-refractivity contribution in [3.05, 3.63) is 24.3 Å². The number of nitrogens with one attached hydrogen (secondary N) is 2. The number of carbonyl (C=O) groups excluding carboxylic acids is 1. The average Bonchev–Trinajstić information content (AvgIpc) is 2.42. The molecule has 6 nitrogen and oxygen atoms in total. The number of oxime groups is 1. The number of anilines is 2. The molecule has 0 fully saturated rings. The van der Waals surface area contributed by atoms with Gasteiger partial charge >= 0.3 is 0 Å². The van der Waals surface area contributed by atoms with Gasteiger partial charge in [-0.15, -0.1) is 0 Å². The number of carbonyl (C=O) groups is 1. The number of rotatable bonds is 7. The van der Waals surface area contributed by atoms with Crippen LogP contribution in [0.2, 0.25) is 0 Å². The first-order valence-electron chi connectivity index (χ1n) is 6.94. The summed E-state index contributed by atoms with van der Waals surface area (Å²) < 4.78 is 0. The van der Waals surface area contributed by atoms with Gasteiger partial charge in [0.15, 0.2) is 0 Å². The zero-order valence-corrected chi connectivity index (χ0v) is 12.8. The highest BCUT2D eigenvalue weighted by molar-refractivity contribution is 5.89. The summed E-state index contributed by atoms with van der Waals surface area (Å²) in [6, 6.07) is 7.55. The van der Waals surface area contributed by atoms with E-state index in [1.54, 1.807) is 0 Å². The Hall–Kier alpha value is -2.24. The highest BCUT2D eigenvalue weighted by Gasteiger charge is 2.22. The first kappa shape index (κ1) is 16.8. The van der Waals surface area contributed by atoms with Gasteiger partial charge in [0.25, 0.3) is 0 Å². The summed E-state index contributed by atoms with van der Waals surface area (Å²) in [4.78, 5) is 11.0. The standard InChI is InChI=1S/C15H24N4O2/c1-11(20)18-13-7-4-6-12(10-13)17-9-5-8-15(2,3)14(16)19-21/h4,6-7,10,17,21H,5,8-9H2,1-3H3,(H2,16,19)(H,18,20). The molecule has 0 unspecified atom stereocenters. The molecule has 1 amide bonds. The van der Waals surface area contributed by atoms with Crippen LogP contribution in [0, 0.1) is 5.41 Å². The SMILES string of the molecule is CC(=O)Nc1cccc(NCCCC(C)(C)C(N)=NO)c1. The molecule has 0 saturated carbocycles. The number of amidine groups is 1. The number of amides is 1. The Kier molecular flexibility index (Phi) is 6.02. The fourth-order valence-electron chi connectivity index (χ4n) is 1.94. The Bertz CT molecular complexity index is 512. The molecular formula is C15H24N4O2. The van der Waals surface area contributed by atoms with Gasteiger partial charge in [-0.05, 0) is 31.0 Å². The maximum atomic E-state index is 11.0. The van der Waals surface area contributed by atoms with E-state index in [0.717, 1.165) is 30.8 Å². The van der Waals surface area contributed by atoms with Gasteiger partial charge < -0.3 is 21.6 Å². The number of hydrogen-bond donors (Lipinski definition) is 4. The summed E-state index contributed by atoms with van der Waals surface area (Å²) in [5.41, 5.74) is 7.04. The minimum atomic E-state index is -0.325. The predicted octanol–water partition coefficient (Wildman–Crippen LogP) is 2.61. The maximum absolute atomic E-state index is 11.0. The molecule has 0 atom stereocenters. The lowest BCUT2D eigenvalue weighted by Gasteiger charge is -2.22. The van der Waals surface area contributed by atoms with Crippen molar-refractivity contribution in [2.45, 2.75) is 33.6 Å². The lowest BCUT2D eigenvalue weighted by Crippen LogP contribution is -2.32. The maximum Gasteiger partial charge on any atom is 0.221 e. The minimum absolute atomic E-state index is 0.0901. The van der Waals surface area contributed by atoms with Gasteiger partial charge in [-0.25, -0.2) is 0 Å². The Morgan fingerprint density at radius 2 is 2.05 bits per heavy atom. The molecule has 116 valence electrons. The van der Waals surface area contributed by atoms with Crippen molar-refractivity contribution in [1.29, 1.82) is 0 Å². The Morgan fingerprint density at radius 3 is 2.67 bits per heavy atom. The van der Waals surface area contributed by atoms with Gasteiger partial charge in [-0.3, -0.25) is 4.79 Å². The lowest BCUT2D eigenvalue weighted by molar-refractivity contribution is -0.114. The molecule has 0 radical (unpaired) electrons. The highest BCUT2D eigenvalue weighted by atomic mass is 16.4. The third kappa shape index (κ3) is 5.72. The van der Waals surface area contributed by atoms with E-state index in [4.69, 9.17) is 10.9 Å². The van der Waals surface area contributed by atoms with E-state index in [-0.39, 0.29) is 17.2 Å². The van der Waals surface area contributed by atoms with Crippen LogP contribution in [0.3, 0.4) is 0 Å². The topological polar surface area (TPSA) is 99.7 Å². The molecule has 1 aromatic rings. The Morgan fingerprint density at radius 1 is 1.38 bits per heavy atom. The molecule has 1 aromatic carbocycles. The van der Waals surface area contributed by atoms with E-state index in [1.807, 2.05) is 38.1 Å². The first-order chi connectivity index (χ1) is 9.85. The van der Waals surface area contributed by atoms with E-state index < -0.39 is 0 Å². The van der Waals surface area contributed by atoms with Crippen molar-refractivity contribution in [3.8, 4) is 0 Å². The van der Waals surface area contributed by atoms with Crippen LogP contribution in [0.5, 0.6) is 0 Å². The number of nitrogens with two attached hydrogens (primary N) is 1. The van der Waals surface area contributed by atoms with Crippen molar-refractivity contribution >= 4 is 23.1 Å². The fourth-order valence-corrected chi connectivity index (χ4v) is 1.94. The Balaban J connectivity index is 2.44. The van der Waals surface area contributed by atoms with Crippen LogP contribution in [-0.2, 0) is 4.79 Å². The molecule has 21 heavy (non-hydrogen) atoms. The van der Waals surface area contributed by atoms with Crippen LogP contribution < -0.4 is 16.4 Å². The zero-order valence-electron chi connectivity index (χ0n) is 12.8. The second kappa shape index (κ2) is 7.52. The van der Waals surface area contributed by atoms with Gasteiger partial charge in [0.2, 0.25) is 5.91 Å². The van der Waals surface area contributed by atoms with E-state index in [1.165, 1.54) is 6.92 Å². The molecule has 0 bridgehead atoms. The summed E-state index contributed by atoms with van der Waals surface area (Å²) in [6.07, 6.45) is 1.69. The van der Waals surface area contributed by atoms with Crippen molar-refractivity contribution in [3.63, 3.8) is 0 Å². The van der Waals surface area contributed by atoms with Gasteiger partial charge in [0.05, 0.1) is 0 Å². The second-order valence-corrected chi connectivity index (χ2v) is 5.66. The summed E-state index contributed by atoms with van der Waals surface area (Å²) >= 11 is 0. The third-order valence-electron chi connectivity index (χ3n) is 3.29. The van der Waals surface area contributed by atoms with Crippen LogP contribution in [0.15, 0.2) is 29.4 Å². The van der Waals surface area contributed by atoms with Crippen molar-refractivity contribution in [2.75, 3.05) is 17.2 Å². The average molecular weight is 292 g/mol. The van der Waals surface area contributed by atoms with Gasteiger partial charge in [0, 0.05) is 30.3 Å². The molecule has 5 N–H and O–H groups in total. The summed E-state index contributed by atoms with van der Waals surface area (Å²) in [5, 5.41) is 17.8. The zero-order chi connectivity index (χ0) is 15.9. The van der Waals surface area contributed by atoms with Crippen molar-refractivity contribution in [1.82, 2.24) is 0 Å². The van der Waals surface area contributed by atoms with E-state index in [2.05, 4.69) is 15.8 Å². The minimum Gasteiger partial charge on any atom is -0.409 e. The molecule has 0 aliphatic carbocycles. The molecule has 0 aliphatic heterocycles. The monoisotopic (exact) mass is 292 g/mol. The van der Waals surface area contributed by atoms with Crippen LogP contribution in [0.25, 0.3) is 0 Å². The number of hydrogen-bond acceptors (Lipinski definition) is 4. The molecule has 0 spiro atoms. The number of benzene rings is 1. The van der Waals surface area contributed by atoms with Gasteiger partial charge in [0.1, 0.15) is 5.84 Å². The van der Waals surface area contributed by atoms with Crippen LogP contribution in [0.4, 0.5) is 11.4 Å². The molecular weight excluding hydrogens is 268 g/mol. The lowest BCUT2D eigenvalue weighted by atomic mass is 9.86. The van der Waals surface area contributed by atoms with Crippen molar-refractivity contribution in [2.24, 2.45) is 16.3 Å². The van der Waals surface area contributed by atoms with Gasteiger partial charge in [-0.2, -0.15) is 0 Å². The molecule has 0 aliphatic rings. The van der Waals surface area contributed by atoms with Crippen LogP contribution >= 0.6 is 0 Å². The molecule has 0 saturated heterocycles. The van der Waals surface area contributed by atoms with E-state index in [9.17, 15) is 4.79 Å². The fraction of sp³-hybridized carbons (Fsp3) is 0.467. The van der Waals surface area contributed by atoms with E-state index in [0.29, 0.717) is 0 Å². The number of nitrogens with zero attached hydrogens (tertiary/aromatic N) is 1. The quantitative estimate of drug-likeness (QED) is 0.204. The smallest absolute Gasteiger partial charge is 0.221 e. The van der Waals surface area contributed by atoms with Gasteiger partial charge in [-0.1, -0.05) is 25.1 Å². The van der Waals surface area contributed by atoms with Crippen LogP contribution in [-0.4, -0.2) is 23.5 Å². The summed E-state index contributed by atoms with van der Waals surface area (Å²) in [5.74, 6) is 0.155. The van der Waals surface area contributed by atoms with Crippen LogP contribution in [0.1, 0.15) is 33.6 Å². The third-order valence-corrected chi connectivity index (χ3v) is 3.29. The van der Waals surface area contributed by atoms with Crippen molar-refractivity contribution < 1.29 is 10.0 Å². The summed E-state index contributed by atoms with van der Waals surface area (Å²) in [7, 11) is 0. The summed E-state index contributed by atoms with van der Waals surface area (Å²) in [6.45, 7) is 6.14. The molecule has 1 rings (SSSR count). The first-order valence-corrected chi connectivity index (χ1v) is 6.94. The molecule has 6 heteroatoms.